The van der Waals surface area contributed by atoms with E-state index < -0.39 is 58.9 Å². The van der Waals surface area contributed by atoms with E-state index in [1.54, 1.807) is 55.5 Å². The molecular formula is C37H34F3N5O7S. The number of nitrogens with one attached hydrogen (secondary N) is 2. The third-order valence-corrected chi connectivity index (χ3v) is 10.4. The molecule has 12 nitrogen and oxygen atoms in total. The minimum atomic E-state index is -4.12. The number of amides is 3. The van der Waals surface area contributed by atoms with Crippen LogP contribution in [0.2, 0.25) is 0 Å². The van der Waals surface area contributed by atoms with Crippen LogP contribution >= 0.6 is 0 Å². The molecule has 0 radical (unpaired) electrons. The molecule has 0 bridgehead atoms. The highest BCUT2D eigenvalue weighted by atomic mass is 32.2. The molecule has 3 aromatic carbocycles. The van der Waals surface area contributed by atoms with E-state index in [0.717, 1.165) is 14.4 Å². The minimum Gasteiger partial charge on any atom is -0.489 e. The zero-order valence-corrected chi connectivity index (χ0v) is 29.1. The van der Waals surface area contributed by atoms with E-state index in [1.807, 2.05) is 0 Å². The second-order valence-corrected chi connectivity index (χ2v) is 14.1. The second-order valence-electron chi connectivity index (χ2n) is 12.3. The quantitative estimate of drug-likeness (QED) is 0.178. The van der Waals surface area contributed by atoms with Gasteiger partial charge in [0.25, 0.3) is 15.9 Å². The monoisotopic (exact) mass is 749 g/mol. The normalized spacial score (nSPS) is 15.8. The van der Waals surface area contributed by atoms with Crippen LogP contribution in [-0.2, 0) is 37.5 Å². The van der Waals surface area contributed by atoms with Gasteiger partial charge in [0.15, 0.2) is 0 Å². The number of ether oxygens (including phenoxy) is 2. The Hall–Kier alpha value is -5.74. The van der Waals surface area contributed by atoms with Crippen molar-refractivity contribution in [3.8, 4) is 5.75 Å². The molecule has 2 N–H and O–H groups in total. The van der Waals surface area contributed by atoms with Crippen LogP contribution in [0.1, 0.15) is 33.6 Å². The lowest BCUT2D eigenvalue weighted by Gasteiger charge is -2.24. The largest absolute Gasteiger partial charge is 0.489 e. The van der Waals surface area contributed by atoms with Crippen molar-refractivity contribution in [2.45, 2.75) is 50.1 Å². The zero-order valence-electron chi connectivity index (χ0n) is 28.2. The van der Waals surface area contributed by atoms with E-state index in [-0.39, 0.29) is 48.0 Å². The van der Waals surface area contributed by atoms with Crippen molar-refractivity contribution in [1.29, 1.82) is 0 Å². The van der Waals surface area contributed by atoms with Gasteiger partial charge in [-0.15, -0.1) is 0 Å². The highest BCUT2D eigenvalue weighted by molar-refractivity contribution is 7.90. The maximum absolute atomic E-state index is 14.2. The summed E-state index contributed by atoms with van der Waals surface area (Å²) in [6.45, 7) is -2.73. The van der Waals surface area contributed by atoms with Gasteiger partial charge in [0, 0.05) is 41.9 Å². The molecule has 3 amide bonds. The predicted molar refractivity (Wildman–Crippen MR) is 186 cm³/mol. The number of benzene rings is 3. The van der Waals surface area contributed by atoms with E-state index >= 15 is 0 Å². The first-order valence-electron chi connectivity index (χ1n) is 16.4. The Bertz CT molecular complexity index is 2250. The van der Waals surface area contributed by atoms with E-state index in [9.17, 15) is 36.0 Å². The maximum atomic E-state index is 14.2. The lowest BCUT2D eigenvalue weighted by atomic mass is 10.1. The number of aromatic nitrogens is 2. The summed E-state index contributed by atoms with van der Waals surface area (Å²) in [6, 6.07) is 20.3. The van der Waals surface area contributed by atoms with E-state index in [0.29, 0.717) is 16.5 Å². The number of pyridine rings is 1. The molecule has 53 heavy (non-hydrogen) atoms. The molecule has 1 aliphatic rings. The zero-order chi connectivity index (χ0) is 37.7. The second kappa shape index (κ2) is 15.9. The van der Waals surface area contributed by atoms with Crippen molar-refractivity contribution in [1.82, 2.24) is 24.5 Å². The first-order valence-corrected chi connectivity index (χ1v) is 17.9. The number of nitrogens with zero attached hydrogens (tertiary/aromatic N) is 3. The Balaban J connectivity index is 1.13. The van der Waals surface area contributed by atoms with Crippen LogP contribution in [0.4, 0.5) is 13.2 Å². The molecule has 0 unspecified atom stereocenters. The van der Waals surface area contributed by atoms with Gasteiger partial charge in [0.05, 0.1) is 35.3 Å². The minimum absolute atomic E-state index is 0.0142. The fourth-order valence-electron chi connectivity index (χ4n) is 6.07. The van der Waals surface area contributed by atoms with Crippen LogP contribution in [-0.4, -0.2) is 71.8 Å². The molecule has 16 heteroatoms. The molecule has 6 rings (SSSR count). The van der Waals surface area contributed by atoms with Crippen LogP contribution in [0.3, 0.4) is 0 Å². The van der Waals surface area contributed by atoms with Crippen molar-refractivity contribution >= 4 is 38.6 Å². The van der Waals surface area contributed by atoms with E-state index in [2.05, 4.69) is 20.4 Å². The number of alkyl halides is 2. The Labute approximate surface area is 302 Å². The summed E-state index contributed by atoms with van der Waals surface area (Å²) in [5, 5.41) is 5.62. The fourth-order valence-corrected chi connectivity index (χ4v) is 7.63. The number of likely N-dealkylation sites (tertiary alicyclic amines) is 1. The number of hydrogen-bond acceptors (Lipinski definition) is 8. The molecule has 0 spiro atoms. The molecule has 0 aliphatic carbocycles. The molecule has 3 heterocycles. The van der Waals surface area contributed by atoms with Crippen molar-refractivity contribution in [2.75, 3.05) is 13.1 Å². The van der Waals surface area contributed by atoms with E-state index in [4.69, 9.17) is 4.74 Å². The standard InChI is InChI=1S/C37H34F3N5O7S/c1-23-10-11-25(31(38)14-23)22-51-28-7-5-6-24(16-28)35(47)43-20-34(46)44-21-29(52-37(39)40)17-33(44)36(48)42-19-27-15-26-18-41-13-12-32(26)45(27)53(49,50)30-8-3-2-4-9-30/h2-16,18,29,33,37H,17,19-22H2,1H3,(H,42,48)(H,43,47)/t29-,33+/m1/s1. The number of fused-ring (bicyclic) bond motifs is 1. The molecule has 1 saturated heterocycles. The van der Waals surface area contributed by atoms with Gasteiger partial charge < -0.3 is 25.0 Å². The molecular weight excluding hydrogens is 715 g/mol. The van der Waals surface area contributed by atoms with Gasteiger partial charge in [-0.05, 0) is 61.0 Å². The number of hydrogen-bond donors (Lipinski definition) is 2. The summed E-state index contributed by atoms with van der Waals surface area (Å²) in [4.78, 5) is 45.1. The number of aryl methyl sites for hydroxylation is 1. The van der Waals surface area contributed by atoms with Crippen LogP contribution in [0, 0.1) is 12.7 Å². The van der Waals surface area contributed by atoms with Crippen molar-refractivity contribution in [3.63, 3.8) is 0 Å². The third kappa shape index (κ3) is 8.50. The van der Waals surface area contributed by atoms with Gasteiger partial charge in [-0.2, -0.15) is 8.78 Å². The maximum Gasteiger partial charge on any atom is 0.345 e. The van der Waals surface area contributed by atoms with Gasteiger partial charge in [0.2, 0.25) is 11.8 Å². The van der Waals surface area contributed by atoms with Crippen molar-refractivity contribution in [2.24, 2.45) is 0 Å². The van der Waals surface area contributed by atoms with Crippen molar-refractivity contribution < 1.29 is 45.4 Å². The summed E-state index contributed by atoms with van der Waals surface area (Å²) < 4.78 is 79.4. The number of halogens is 3. The molecule has 1 aliphatic heterocycles. The topological polar surface area (TPSA) is 149 Å². The summed E-state index contributed by atoms with van der Waals surface area (Å²) in [5.74, 6) is -2.30. The number of carbonyl (C=O) groups is 3. The Morgan fingerprint density at radius 3 is 2.53 bits per heavy atom. The molecule has 0 saturated carbocycles. The van der Waals surface area contributed by atoms with Crippen LogP contribution in [0.25, 0.3) is 10.9 Å². The number of rotatable bonds is 13. The predicted octanol–water partition coefficient (Wildman–Crippen LogP) is 4.55. The van der Waals surface area contributed by atoms with Gasteiger partial charge in [-0.25, -0.2) is 16.8 Å². The molecule has 5 aromatic rings. The van der Waals surface area contributed by atoms with E-state index in [1.165, 1.54) is 48.8 Å². The smallest absolute Gasteiger partial charge is 0.345 e. The third-order valence-electron chi connectivity index (χ3n) is 8.64. The van der Waals surface area contributed by atoms with Gasteiger partial charge in [0.1, 0.15) is 24.2 Å². The average molecular weight is 750 g/mol. The number of carbonyl (C=O) groups excluding carboxylic acids is 3. The Kier molecular flexibility index (Phi) is 11.1. The first-order chi connectivity index (χ1) is 25.4. The van der Waals surface area contributed by atoms with Crippen LogP contribution in [0.15, 0.2) is 102 Å². The summed E-state index contributed by atoms with van der Waals surface area (Å²) in [7, 11) is -4.12. The average Bonchev–Trinajstić information content (AvgIpc) is 3.74. The highest BCUT2D eigenvalue weighted by Gasteiger charge is 2.41. The van der Waals surface area contributed by atoms with Crippen LogP contribution < -0.4 is 15.4 Å². The summed E-state index contributed by atoms with van der Waals surface area (Å²) in [6.07, 6.45) is 1.45. The molecule has 1 fully saturated rings. The highest BCUT2D eigenvalue weighted by Crippen LogP contribution is 2.27. The lowest BCUT2D eigenvalue weighted by molar-refractivity contribution is -0.160. The lowest BCUT2D eigenvalue weighted by Crippen LogP contribution is -2.49. The van der Waals surface area contributed by atoms with Crippen LogP contribution in [0.5, 0.6) is 5.75 Å². The molecule has 2 atom stereocenters. The summed E-state index contributed by atoms with van der Waals surface area (Å²) >= 11 is 0. The van der Waals surface area contributed by atoms with Gasteiger partial charge >= 0.3 is 6.61 Å². The summed E-state index contributed by atoms with van der Waals surface area (Å²) in [5.41, 5.74) is 1.72. The molecule has 276 valence electrons. The van der Waals surface area contributed by atoms with Crippen molar-refractivity contribution in [3.05, 3.63) is 126 Å². The molecule has 2 aromatic heterocycles. The van der Waals surface area contributed by atoms with Gasteiger partial charge in [-0.3, -0.25) is 19.4 Å². The first kappa shape index (κ1) is 37.0. The Morgan fingerprint density at radius 2 is 1.77 bits per heavy atom. The fraction of sp³-hybridized carbons (Fsp3) is 0.243. The SMILES string of the molecule is Cc1ccc(COc2cccc(C(=O)NCC(=O)N3C[C@H](OC(F)F)C[C@H]3C(=O)NCc3cc4cnccc4n3S(=O)(=O)c3ccccc3)c2)c(F)c1. The Morgan fingerprint density at radius 1 is 0.981 bits per heavy atom. The van der Waals surface area contributed by atoms with Gasteiger partial charge in [-0.1, -0.05) is 36.4 Å².